The number of rotatable bonds is 5. The van der Waals surface area contributed by atoms with E-state index in [9.17, 15) is 9.59 Å². The normalized spacial score (nSPS) is 11.0. The lowest BCUT2D eigenvalue weighted by Gasteiger charge is -2.19. The number of carbonyl (C=O) groups is 2. The molecule has 0 atom stereocenters. The van der Waals surface area contributed by atoms with Crippen molar-refractivity contribution in [1.29, 1.82) is 0 Å². The fraction of sp³-hybridized carbons (Fsp3) is 0.533. The van der Waals surface area contributed by atoms with E-state index in [0.29, 0.717) is 29.6 Å². The molecule has 0 fully saturated rings. The zero-order valence-electron chi connectivity index (χ0n) is 12.9. The first kappa shape index (κ1) is 17.4. The molecule has 0 saturated carbocycles. The lowest BCUT2D eigenvalue weighted by atomic mass is 10.1. The van der Waals surface area contributed by atoms with E-state index >= 15 is 0 Å². The van der Waals surface area contributed by atoms with Crippen LogP contribution in [-0.4, -0.2) is 29.0 Å². The van der Waals surface area contributed by atoms with E-state index in [2.05, 4.69) is 10.3 Å². The first-order valence-electron chi connectivity index (χ1n) is 6.88. The monoisotopic (exact) mass is 310 g/mol. The number of Topliss-reactive ketones (excluding diaryl/α,β-unsaturated/α-hetero) is 1. The highest BCUT2D eigenvalue weighted by Gasteiger charge is 2.15. The second kappa shape index (κ2) is 7.36. The number of nitrogens with one attached hydrogen (secondary N) is 2. The van der Waals surface area contributed by atoms with E-state index < -0.39 is 11.7 Å². The zero-order chi connectivity index (χ0) is 16.0. The van der Waals surface area contributed by atoms with E-state index in [0.717, 1.165) is 5.56 Å². The van der Waals surface area contributed by atoms with E-state index in [-0.39, 0.29) is 5.78 Å². The molecule has 0 bridgehead atoms. The first-order valence-corrected chi connectivity index (χ1v) is 7.29. The highest BCUT2D eigenvalue weighted by Crippen LogP contribution is 2.08. The summed E-state index contributed by atoms with van der Waals surface area (Å²) in [6, 6.07) is 1.78. The van der Waals surface area contributed by atoms with Crippen molar-refractivity contribution in [2.24, 2.45) is 0 Å². The standard InChI is InChI=1S/C15H22N2O3S/c1-10-8-11(9-17-13(10)21)12(18)6-5-7-16-14(19)20-15(2,3)4/h8-9H,5-7H2,1-4H3,(H,16,19)(H,17,21). The summed E-state index contributed by atoms with van der Waals surface area (Å²) < 4.78 is 5.74. The van der Waals surface area contributed by atoms with Crippen molar-refractivity contribution in [1.82, 2.24) is 10.3 Å². The van der Waals surface area contributed by atoms with Crippen molar-refractivity contribution in [3.63, 3.8) is 0 Å². The summed E-state index contributed by atoms with van der Waals surface area (Å²) in [5.74, 6) is 0.0235. The molecule has 0 aromatic carbocycles. The van der Waals surface area contributed by atoms with Crippen molar-refractivity contribution in [2.45, 2.75) is 46.1 Å². The predicted molar refractivity (Wildman–Crippen MR) is 84.2 cm³/mol. The van der Waals surface area contributed by atoms with Crippen LogP contribution in [0.2, 0.25) is 0 Å². The van der Waals surface area contributed by atoms with Gasteiger partial charge in [-0.1, -0.05) is 12.2 Å². The van der Waals surface area contributed by atoms with Gasteiger partial charge in [-0.2, -0.15) is 0 Å². The fourth-order valence-electron chi connectivity index (χ4n) is 1.66. The number of ketones is 1. The lowest BCUT2D eigenvalue weighted by Crippen LogP contribution is -2.33. The van der Waals surface area contributed by atoms with E-state index in [1.54, 1.807) is 33.0 Å². The molecule has 0 unspecified atom stereocenters. The average molecular weight is 310 g/mol. The number of aryl methyl sites for hydroxylation is 1. The van der Waals surface area contributed by atoms with Gasteiger partial charge in [0.2, 0.25) is 0 Å². The van der Waals surface area contributed by atoms with Crippen LogP contribution < -0.4 is 5.32 Å². The quantitative estimate of drug-likeness (QED) is 0.496. The molecule has 1 heterocycles. The van der Waals surface area contributed by atoms with Gasteiger partial charge in [-0.3, -0.25) is 4.79 Å². The summed E-state index contributed by atoms with van der Waals surface area (Å²) >= 11 is 5.05. The van der Waals surface area contributed by atoms with Crippen LogP contribution in [0.15, 0.2) is 12.3 Å². The van der Waals surface area contributed by atoms with Crippen LogP contribution in [0.1, 0.15) is 49.5 Å². The smallest absolute Gasteiger partial charge is 0.407 e. The number of amides is 1. The molecule has 0 saturated heterocycles. The number of aromatic amines is 1. The third kappa shape index (κ3) is 6.53. The molecule has 1 aromatic heterocycles. The van der Waals surface area contributed by atoms with Gasteiger partial charge in [-0.15, -0.1) is 0 Å². The Morgan fingerprint density at radius 1 is 1.38 bits per heavy atom. The number of H-pyrrole nitrogens is 1. The Hall–Kier alpha value is -1.69. The molecular weight excluding hydrogens is 288 g/mol. The molecule has 21 heavy (non-hydrogen) atoms. The summed E-state index contributed by atoms with van der Waals surface area (Å²) in [5, 5.41) is 2.63. The van der Waals surface area contributed by atoms with Crippen LogP contribution in [0.3, 0.4) is 0 Å². The molecule has 0 aliphatic heterocycles. The van der Waals surface area contributed by atoms with Gasteiger partial charge in [0.25, 0.3) is 0 Å². The number of carbonyl (C=O) groups excluding carboxylic acids is 2. The molecule has 2 N–H and O–H groups in total. The summed E-state index contributed by atoms with van der Waals surface area (Å²) in [7, 11) is 0. The number of aromatic nitrogens is 1. The van der Waals surface area contributed by atoms with Gasteiger partial charge in [-0.25, -0.2) is 4.79 Å². The maximum atomic E-state index is 12.0. The minimum absolute atomic E-state index is 0.0235. The minimum Gasteiger partial charge on any atom is -0.444 e. The van der Waals surface area contributed by atoms with Crippen LogP contribution in [0.25, 0.3) is 0 Å². The van der Waals surface area contributed by atoms with Gasteiger partial charge in [0.05, 0.1) is 0 Å². The summed E-state index contributed by atoms with van der Waals surface area (Å²) in [5.41, 5.74) is 0.972. The third-order valence-corrected chi connectivity index (χ3v) is 3.10. The van der Waals surface area contributed by atoms with E-state index in [4.69, 9.17) is 17.0 Å². The second-order valence-corrected chi connectivity index (χ2v) is 6.26. The van der Waals surface area contributed by atoms with Gasteiger partial charge in [0.1, 0.15) is 10.2 Å². The molecule has 0 radical (unpaired) electrons. The van der Waals surface area contributed by atoms with Crippen molar-refractivity contribution in [2.75, 3.05) is 6.54 Å². The van der Waals surface area contributed by atoms with Gasteiger partial charge in [0.15, 0.2) is 5.78 Å². The zero-order valence-corrected chi connectivity index (χ0v) is 13.7. The largest absolute Gasteiger partial charge is 0.444 e. The number of alkyl carbamates (subject to hydrolysis) is 1. The Kier molecular flexibility index (Phi) is 6.08. The SMILES string of the molecule is Cc1cc(C(=O)CCCNC(=O)OC(C)(C)C)c[nH]c1=S. The maximum absolute atomic E-state index is 12.0. The van der Waals surface area contributed by atoms with Crippen LogP contribution in [0.4, 0.5) is 4.79 Å². The maximum Gasteiger partial charge on any atom is 0.407 e. The van der Waals surface area contributed by atoms with Crippen LogP contribution >= 0.6 is 12.2 Å². The van der Waals surface area contributed by atoms with Gasteiger partial charge < -0.3 is 15.0 Å². The van der Waals surface area contributed by atoms with Crippen LogP contribution in [0.5, 0.6) is 0 Å². The van der Waals surface area contributed by atoms with Gasteiger partial charge >= 0.3 is 6.09 Å². The number of hydrogen-bond acceptors (Lipinski definition) is 4. The average Bonchev–Trinajstić information content (AvgIpc) is 2.35. The van der Waals surface area contributed by atoms with Crippen molar-refractivity contribution in [3.05, 3.63) is 28.0 Å². The van der Waals surface area contributed by atoms with Gasteiger partial charge in [0, 0.05) is 24.7 Å². The summed E-state index contributed by atoms with van der Waals surface area (Å²) in [6.07, 6.45) is 2.08. The number of hydrogen-bond donors (Lipinski definition) is 2. The Labute approximate surface area is 130 Å². The number of ether oxygens (including phenoxy) is 1. The summed E-state index contributed by atoms with van der Waals surface area (Å²) in [6.45, 7) is 7.68. The fourth-order valence-corrected chi connectivity index (χ4v) is 1.77. The van der Waals surface area contributed by atoms with Crippen molar-refractivity contribution in [3.8, 4) is 0 Å². The molecular formula is C15H22N2O3S. The second-order valence-electron chi connectivity index (χ2n) is 5.86. The van der Waals surface area contributed by atoms with Gasteiger partial charge in [-0.05, 0) is 45.7 Å². The molecule has 116 valence electrons. The number of pyridine rings is 1. The van der Waals surface area contributed by atoms with E-state index in [1.165, 1.54) is 0 Å². The summed E-state index contributed by atoms with van der Waals surface area (Å²) in [4.78, 5) is 26.3. The molecule has 1 aromatic rings. The molecule has 0 spiro atoms. The topological polar surface area (TPSA) is 71.2 Å². The Morgan fingerprint density at radius 2 is 2.05 bits per heavy atom. The molecule has 1 rings (SSSR count). The molecule has 1 amide bonds. The Bertz CT molecular complexity index is 573. The third-order valence-electron chi connectivity index (χ3n) is 2.66. The molecule has 0 aliphatic rings. The molecule has 5 nitrogen and oxygen atoms in total. The Balaban J connectivity index is 2.35. The molecule has 0 aliphatic carbocycles. The van der Waals surface area contributed by atoms with E-state index in [1.807, 2.05) is 6.92 Å². The highest BCUT2D eigenvalue weighted by molar-refractivity contribution is 7.71. The van der Waals surface area contributed by atoms with Crippen LogP contribution in [0, 0.1) is 11.6 Å². The van der Waals surface area contributed by atoms with Crippen LogP contribution in [-0.2, 0) is 4.74 Å². The minimum atomic E-state index is -0.515. The Morgan fingerprint density at radius 3 is 2.62 bits per heavy atom. The van der Waals surface area contributed by atoms with Crippen molar-refractivity contribution >= 4 is 24.1 Å². The predicted octanol–water partition coefficient (Wildman–Crippen LogP) is 3.54. The lowest BCUT2D eigenvalue weighted by molar-refractivity contribution is 0.0525. The van der Waals surface area contributed by atoms with Crippen molar-refractivity contribution < 1.29 is 14.3 Å². The highest BCUT2D eigenvalue weighted by atomic mass is 32.1. The molecule has 6 heteroatoms. The first-order chi connectivity index (χ1) is 9.69.